The quantitative estimate of drug-likeness (QED) is 0.888. The third kappa shape index (κ3) is 2.75. The van der Waals surface area contributed by atoms with Gasteiger partial charge in [-0.3, -0.25) is 4.79 Å². The average molecular weight is 311 g/mol. The van der Waals surface area contributed by atoms with E-state index in [4.69, 9.17) is 11.0 Å². The molecule has 2 rings (SSSR count). The highest BCUT2D eigenvalue weighted by Crippen LogP contribution is 2.28. The van der Waals surface area contributed by atoms with Crippen LogP contribution in [0.2, 0.25) is 0 Å². The van der Waals surface area contributed by atoms with Gasteiger partial charge < -0.3 is 5.73 Å². The fourth-order valence-corrected chi connectivity index (χ4v) is 4.25. The van der Waals surface area contributed by atoms with Crippen LogP contribution in [0.4, 0.5) is 4.39 Å². The molecular weight excluding hydrogens is 297 g/mol. The number of hydrogen-bond acceptors (Lipinski definition) is 4. The van der Waals surface area contributed by atoms with Gasteiger partial charge in [0.1, 0.15) is 28.4 Å². The van der Waals surface area contributed by atoms with Crippen molar-refractivity contribution < 1.29 is 17.6 Å². The number of nitrogens with zero attached hydrogens (tertiary/aromatic N) is 2. The number of nitrogens with two attached hydrogens (primary N) is 1. The van der Waals surface area contributed by atoms with Gasteiger partial charge in [0.25, 0.3) is 0 Å². The summed E-state index contributed by atoms with van der Waals surface area (Å²) >= 11 is 0. The predicted octanol–water partition coefficient (Wildman–Crippen LogP) is 0.726. The fourth-order valence-electron chi connectivity index (χ4n) is 2.43. The van der Waals surface area contributed by atoms with Gasteiger partial charge in [0, 0.05) is 6.54 Å². The highest BCUT2D eigenvalue weighted by molar-refractivity contribution is 7.89. The summed E-state index contributed by atoms with van der Waals surface area (Å²) in [6.07, 6.45) is 1.60. The Morgan fingerprint density at radius 1 is 1.43 bits per heavy atom. The van der Waals surface area contributed by atoms with E-state index in [-0.39, 0.29) is 6.54 Å². The molecule has 8 heteroatoms. The third-order valence-electron chi connectivity index (χ3n) is 3.46. The standard InChI is InChI=1S/C13H14FN3O3S/c14-10-4-3-6-12(9(10)8-15)21(19,20)17-7-2-1-5-11(17)13(16)18/h3-4,6,11H,1-2,5,7H2,(H2,16,18). The van der Waals surface area contributed by atoms with Crippen LogP contribution in [-0.4, -0.2) is 31.2 Å². The Balaban J connectivity index is 2.54. The number of rotatable bonds is 3. The Morgan fingerprint density at radius 2 is 2.14 bits per heavy atom. The molecule has 1 aromatic rings. The number of halogens is 1. The van der Waals surface area contributed by atoms with E-state index in [9.17, 15) is 17.6 Å². The Labute approximate surface area is 122 Å². The highest BCUT2D eigenvalue weighted by atomic mass is 32.2. The Morgan fingerprint density at radius 3 is 2.76 bits per heavy atom. The molecule has 6 nitrogen and oxygen atoms in total. The number of carbonyl (C=O) groups is 1. The van der Waals surface area contributed by atoms with Crippen LogP contribution in [0.5, 0.6) is 0 Å². The summed E-state index contributed by atoms with van der Waals surface area (Å²) in [6, 6.07) is 3.98. The molecule has 1 aliphatic heterocycles. The van der Waals surface area contributed by atoms with Gasteiger partial charge in [0.05, 0.1) is 0 Å². The molecule has 112 valence electrons. The van der Waals surface area contributed by atoms with E-state index in [0.717, 1.165) is 16.4 Å². The Bertz CT molecular complexity index is 712. The number of hydrogen-bond donors (Lipinski definition) is 1. The lowest BCUT2D eigenvalue weighted by molar-refractivity contribution is -0.122. The lowest BCUT2D eigenvalue weighted by Crippen LogP contribution is -2.50. The number of piperidine rings is 1. The Kier molecular flexibility index (Phi) is 4.25. The first-order chi connectivity index (χ1) is 9.89. The molecule has 0 spiro atoms. The van der Waals surface area contributed by atoms with Crippen molar-refractivity contribution in [3.63, 3.8) is 0 Å². The largest absolute Gasteiger partial charge is 0.368 e. The minimum atomic E-state index is -4.15. The van der Waals surface area contributed by atoms with Gasteiger partial charge in [-0.15, -0.1) is 0 Å². The molecular formula is C13H14FN3O3S. The first-order valence-electron chi connectivity index (χ1n) is 6.39. The lowest BCUT2D eigenvalue weighted by Gasteiger charge is -2.32. The first kappa shape index (κ1) is 15.4. The van der Waals surface area contributed by atoms with Gasteiger partial charge >= 0.3 is 0 Å². The molecule has 1 atom stereocenters. The minimum Gasteiger partial charge on any atom is -0.368 e. The molecule has 1 saturated heterocycles. The van der Waals surface area contributed by atoms with E-state index in [0.29, 0.717) is 19.3 Å². The molecule has 1 aliphatic rings. The molecule has 0 radical (unpaired) electrons. The van der Waals surface area contributed by atoms with E-state index in [1.807, 2.05) is 0 Å². The van der Waals surface area contributed by atoms with E-state index in [1.165, 1.54) is 6.07 Å². The zero-order valence-electron chi connectivity index (χ0n) is 11.1. The second kappa shape index (κ2) is 5.79. The second-order valence-corrected chi connectivity index (χ2v) is 6.61. The van der Waals surface area contributed by atoms with Crippen molar-refractivity contribution in [2.45, 2.75) is 30.2 Å². The van der Waals surface area contributed by atoms with Crippen molar-refractivity contribution in [2.75, 3.05) is 6.54 Å². The maximum atomic E-state index is 13.6. The van der Waals surface area contributed by atoms with Crippen molar-refractivity contribution in [2.24, 2.45) is 5.73 Å². The van der Waals surface area contributed by atoms with E-state index < -0.39 is 38.2 Å². The van der Waals surface area contributed by atoms with Crippen molar-refractivity contribution >= 4 is 15.9 Å². The van der Waals surface area contributed by atoms with Crippen LogP contribution in [0.25, 0.3) is 0 Å². The summed E-state index contributed by atoms with van der Waals surface area (Å²) in [7, 11) is -4.15. The zero-order chi connectivity index (χ0) is 15.6. The molecule has 1 aromatic carbocycles. The number of amides is 1. The Hall–Kier alpha value is -1.98. The van der Waals surface area contributed by atoms with Crippen LogP contribution in [0.15, 0.2) is 23.1 Å². The summed E-state index contributed by atoms with van der Waals surface area (Å²) < 4.78 is 39.8. The molecule has 1 heterocycles. The molecule has 0 aromatic heterocycles. The summed E-state index contributed by atoms with van der Waals surface area (Å²) in [5, 5.41) is 8.97. The third-order valence-corrected chi connectivity index (χ3v) is 5.41. The number of nitriles is 1. The summed E-state index contributed by atoms with van der Waals surface area (Å²) in [5.74, 6) is -1.65. The lowest BCUT2D eigenvalue weighted by atomic mass is 10.0. The van der Waals surface area contributed by atoms with Crippen molar-refractivity contribution in [3.05, 3.63) is 29.6 Å². The van der Waals surface area contributed by atoms with Crippen LogP contribution in [-0.2, 0) is 14.8 Å². The van der Waals surface area contributed by atoms with Gasteiger partial charge in [0.2, 0.25) is 15.9 Å². The van der Waals surface area contributed by atoms with Crippen molar-refractivity contribution in [1.29, 1.82) is 5.26 Å². The SMILES string of the molecule is N#Cc1c(F)cccc1S(=O)(=O)N1CCCCC1C(N)=O. The fraction of sp³-hybridized carbons (Fsp3) is 0.385. The molecule has 1 unspecified atom stereocenters. The minimum absolute atomic E-state index is 0.122. The van der Waals surface area contributed by atoms with Gasteiger partial charge in [-0.2, -0.15) is 9.57 Å². The zero-order valence-corrected chi connectivity index (χ0v) is 11.9. The molecule has 0 bridgehead atoms. The van der Waals surface area contributed by atoms with E-state index in [2.05, 4.69) is 0 Å². The summed E-state index contributed by atoms with van der Waals surface area (Å²) in [5.41, 5.74) is 4.70. The molecule has 1 fully saturated rings. The van der Waals surface area contributed by atoms with Gasteiger partial charge in [-0.1, -0.05) is 12.5 Å². The predicted molar refractivity (Wildman–Crippen MR) is 71.8 cm³/mol. The number of primary amides is 1. The molecule has 2 N–H and O–H groups in total. The van der Waals surface area contributed by atoms with E-state index >= 15 is 0 Å². The molecule has 0 aliphatic carbocycles. The maximum absolute atomic E-state index is 13.6. The molecule has 1 amide bonds. The van der Waals surface area contributed by atoms with Crippen LogP contribution in [0, 0.1) is 17.1 Å². The topological polar surface area (TPSA) is 104 Å². The van der Waals surface area contributed by atoms with Gasteiger partial charge in [-0.05, 0) is 25.0 Å². The number of carbonyl (C=O) groups excluding carboxylic acids is 1. The average Bonchev–Trinajstić information content (AvgIpc) is 2.46. The van der Waals surface area contributed by atoms with Gasteiger partial charge in [0.15, 0.2) is 0 Å². The number of sulfonamides is 1. The maximum Gasteiger partial charge on any atom is 0.245 e. The van der Waals surface area contributed by atoms with Crippen LogP contribution < -0.4 is 5.73 Å². The smallest absolute Gasteiger partial charge is 0.245 e. The normalized spacial score (nSPS) is 19.9. The molecule has 0 saturated carbocycles. The van der Waals surface area contributed by atoms with Gasteiger partial charge in [-0.25, -0.2) is 12.8 Å². The summed E-state index contributed by atoms with van der Waals surface area (Å²) in [6.45, 7) is 0.122. The highest BCUT2D eigenvalue weighted by Gasteiger charge is 2.38. The number of benzene rings is 1. The summed E-state index contributed by atoms with van der Waals surface area (Å²) in [4.78, 5) is 11.0. The van der Waals surface area contributed by atoms with Crippen LogP contribution >= 0.6 is 0 Å². The van der Waals surface area contributed by atoms with Crippen LogP contribution in [0.3, 0.4) is 0 Å². The van der Waals surface area contributed by atoms with Crippen molar-refractivity contribution in [1.82, 2.24) is 4.31 Å². The van der Waals surface area contributed by atoms with E-state index in [1.54, 1.807) is 6.07 Å². The van der Waals surface area contributed by atoms with Crippen molar-refractivity contribution in [3.8, 4) is 6.07 Å². The molecule has 21 heavy (non-hydrogen) atoms. The monoisotopic (exact) mass is 311 g/mol. The first-order valence-corrected chi connectivity index (χ1v) is 7.83. The second-order valence-electron chi connectivity index (χ2n) is 4.75. The van der Waals surface area contributed by atoms with Crippen LogP contribution in [0.1, 0.15) is 24.8 Å².